The molecule has 0 radical (unpaired) electrons. The van der Waals surface area contributed by atoms with Crippen LogP contribution >= 0.6 is 11.8 Å². The van der Waals surface area contributed by atoms with Crippen molar-refractivity contribution in [1.29, 1.82) is 0 Å². The monoisotopic (exact) mass is 264 g/mol. The molecule has 3 nitrogen and oxygen atoms in total. The highest BCUT2D eigenvalue weighted by Crippen LogP contribution is 2.37. The summed E-state index contributed by atoms with van der Waals surface area (Å²) in [5.41, 5.74) is 6.46. The maximum atomic E-state index is 11.7. The molecule has 0 heterocycles. The summed E-state index contributed by atoms with van der Waals surface area (Å²) in [6.45, 7) is 1.70. The van der Waals surface area contributed by atoms with E-state index < -0.39 is 6.04 Å². The van der Waals surface area contributed by atoms with Crippen LogP contribution in [-0.4, -0.2) is 17.2 Å². The van der Waals surface area contributed by atoms with Crippen molar-refractivity contribution < 1.29 is 4.79 Å². The molecule has 4 heteroatoms. The number of carbonyl (C=O) groups excluding carboxylic acids is 1. The fourth-order valence-corrected chi connectivity index (χ4v) is 3.44. The molecule has 0 bridgehead atoms. The Morgan fingerprint density at radius 2 is 2.06 bits per heavy atom. The van der Waals surface area contributed by atoms with Crippen molar-refractivity contribution in [3.63, 3.8) is 0 Å². The molecule has 1 aliphatic rings. The maximum Gasteiger partial charge on any atom is 0.241 e. The van der Waals surface area contributed by atoms with Crippen molar-refractivity contribution in [3.05, 3.63) is 24.3 Å². The fourth-order valence-electron chi connectivity index (χ4n) is 2.11. The Bertz CT molecular complexity index is 414. The topological polar surface area (TPSA) is 55.1 Å². The molecule has 0 spiro atoms. The summed E-state index contributed by atoms with van der Waals surface area (Å²) in [6.07, 6.45) is 5.21. The lowest BCUT2D eigenvalue weighted by Crippen LogP contribution is -2.32. The maximum absolute atomic E-state index is 11.7. The van der Waals surface area contributed by atoms with Crippen LogP contribution in [-0.2, 0) is 4.79 Å². The quantitative estimate of drug-likeness (QED) is 0.879. The molecule has 0 saturated heterocycles. The van der Waals surface area contributed by atoms with E-state index in [2.05, 4.69) is 11.4 Å². The van der Waals surface area contributed by atoms with Crippen LogP contribution in [0.2, 0.25) is 0 Å². The minimum absolute atomic E-state index is 0.130. The molecule has 0 aromatic heterocycles. The summed E-state index contributed by atoms with van der Waals surface area (Å²) >= 11 is 1.88. The number of nitrogens with two attached hydrogens (primary N) is 1. The first kappa shape index (κ1) is 13.4. The van der Waals surface area contributed by atoms with Gasteiger partial charge in [-0.2, -0.15) is 0 Å². The lowest BCUT2D eigenvalue weighted by atomic mass is 10.3. The molecular weight excluding hydrogens is 244 g/mol. The first-order valence-electron chi connectivity index (χ1n) is 6.49. The number of hydrogen-bond acceptors (Lipinski definition) is 3. The number of rotatable bonds is 4. The van der Waals surface area contributed by atoms with Crippen LogP contribution in [0.5, 0.6) is 0 Å². The molecule has 3 N–H and O–H groups in total. The van der Waals surface area contributed by atoms with Crippen molar-refractivity contribution >= 4 is 23.4 Å². The Morgan fingerprint density at radius 3 is 2.72 bits per heavy atom. The van der Waals surface area contributed by atoms with Crippen LogP contribution < -0.4 is 11.1 Å². The number of benzene rings is 1. The standard InChI is InChI=1S/C14H20N2OS/c1-10(15)14(17)16-12-8-4-5-9-13(12)18-11-6-2-3-7-11/h4-5,8-11H,2-3,6-7,15H2,1H3,(H,16,17). The zero-order chi connectivity index (χ0) is 13.0. The third-order valence-corrected chi connectivity index (χ3v) is 4.57. The number of anilines is 1. The molecule has 1 atom stereocenters. The van der Waals surface area contributed by atoms with E-state index in [1.807, 2.05) is 30.0 Å². The van der Waals surface area contributed by atoms with Crippen LogP contribution in [0.4, 0.5) is 5.69 Å². The fraction of sp³-hybridized carbons (Fsp3) is 0.500. The molecule has 18 heavy (non-hydrogen) atoms. The Balaban J connectivity index is 2.07. The van der Waals surface area contributed by atoms with E-state index in [1.165, 1.54) is 25.7 Å². The van der Waals surface area contributed by atoms with Gasteiger partial charge in [0.25, 0.3) is 0 Å². The van der Waals surface area contributed by atoms with Gasteiger partial charge in [-0.15, -0.1) is 11.8 Å². The Kier molecular flexibility index (Phi) is 4.66. The molecule has 2 rings (SSSR count). The number of hydrogen-bond donors (Lipinski definition) is 2. The molecule has 1 saturated carbocycles. The zero-order valence-corrected chi connectivity index (χ0v) is 11.5. The summed E-state index contributed by atoms with van der Waals surface area (Å²) < 4.78 is 0. The molecule has 1 unspecified atom stereocenters. The Hall–Kier alpha value is -1.00. The van der Waals surface area contributed by atoms with Gasteiger partial charge in [0.05, 0.1) is 11.7 Å². The average Bonchev–Trinajstić information content (AvgIpc) is 2.84. The summed E-state index contributed by atoms with van der Waals surface area (Å²) in [4.78, 5) is 12.8. The molecular formula is C14H20N2OS. The molecule has 1 amide bonds. The van der Waals surface area contributed by atoms with Crippen molar-refractivity contribution in [2.75, 3.05) is 5.32 Å². The molecule has 1 aromatic carbocycles. The highest BCUT2D eigenvalue weighted by Gasteiger charge is 2.18. The Morgan fingerprint density at radius 1 is 1.39 bits per heavy atom. The second-order valence-electron chi connectivity index (χ2n) is 4.80. The van der Waals surface area contributed by atoms with E-state index in [-0.39, 0.29) is 5.91 Å². The molecule has 0 aliphatic heterocycles. The van der Waals surface area contributed by atoms with Crippen LogP contribution in [0.1, 0.15) is 32.6 Å². The Labute approximate surface area is 113 Å². The van der Waals surface area contributed by atoms with E-state index in [0.29, 0.717) is 5.25 Å². The number of nitrogens with one attached hydrogen (secondary N) is 1. The summed E-state index contributed by atoms with van der Waals surface area (Å²) in [5, 5.41) is 3.59. The smallest absolute Gasteiger partial charge is 0.241 e. The van der Waals surface area contributed by atoms with Crippen LogP contribution in [0.15, 0.2) is 29.2 Å². The third-order valence-electron chi connectivity index (χ3n) is 3.15. The second kappa shape index (κ2) is 6.25. The third kappa shape index (κ3) is 3.50. The van der Waals surface area contributed by atoms with Gasteiger partial charge >= 0.3 is 0 Å². The predicted molar refractivity (Wildman–Crippen MR) is 76.8 cm³/mol. The van der Waals surface area contributed by atoms with Gasteiger partial charge in [0.2, 0.25) is 5.91 Å². The van der Waals surface area contributed by atoms with Crippen LogP contribution in [0.25, 0.3) is 0 Å². The second-order valence-corrected chi connectivity index (χ2v) is 6.14. The number of para-hydroxylation sites is 1. The van der Waals surface area contributed by atoms with E-state index >= 15 is 0 Å². The van der Waals surface area contributed by atoms with Gasteiger partial charge in [-0.1, -0.05) is 25.0 Å². The minimum atomic E-state index is -0.477. The number of carbonyl (C=O) groups is 1. The van der Waals surface area contributed by atoms with Crippen molar-refractivity contribution in [2.45, 2.75) is 48.8 Å². The van der Waals surface area contributed by atoms with E-state index in [0.717, 1.165) is 10.6 Å². The number of thioether (sulfide) groups is 1. The normalized spacial score (nSPS) is 17.7. The van der Waals surface area contributed by atoms with Crippen molar-refractivity contribution in [1.82, 2.24) is 0 Å². The predicted octanol–water partition coefficient (Wildman–Crippen LogP) is 3.01. The minimum Gasteiger partial charge on any atom is -0.324 e. The lowest BCUT2D eigenvalue weighted by molar-refractivity contribution is -0.117. The molecule has 1 aliphatic carbocycles. The van der Waals surface area contributed by atoms with Crippen LogP contribution in [0.3, 0.4) is 0 Å². The largest absolute Gasteiger partial charge is 0.324 e. The summed E-state index contributed by atoms with van der Waals surface area (Å²) in [6, 6.07) is 7.49. The van der Waals surface area contributed by atoms with E-state index in [4.69, 9.17) is 5.73 Å². The van der Waals surface area contributed by atoms with Gasteiger partial charge in [-0.3, -0.25) is 4.79 Å². The average molecular weight is 264 g/mol. The van der Waals surface area contributed by atoms with Gasteiger partial charge in [0, 0.05) is 10.1 Å². The first-order valence-corrected chi connectivity index (χ1v) is 7.37. The van der Waals surface area contributed by atoms with Gasteiger partial charge in [0.1, 0.15) is 0 Å². The van der Waals surface area contributed by atoms with Gasteiger partial charge in [-0.05, 0) is 31.9 Å². The first-order chi connectivity index (χ1) is 8.66. The highest BCUT2D eigenvalue weighted by atomic mass is 32.2. The van der Waals surface area contributed by atoms with E-state index in [9.17, 15) is 4.79 Å². The zero-order valence-electron chi connectivity index (χ0n) is 10.7. The number of amides is 1. The van der Waals surface area contributed by atoms with Gasteiger partial charge in [0.15, 0.2) is 0 Å². The SMILES string of the molecule is CC(N)C(=O)Nc1ccccc1SC1CCCC1. The van der Waals surface area contributed by atoms with Gasteiger partial charge < -0.3 is 11.1 Å². The summed E-state index contributed by atoms with van der Waals surface area (Å²) in [7, 11) is 0. The molecule has 1 aromatic rings. The summed E-state index contributed by atoms with van der Waals surface area (Å²) in [5.74, 6) is -0.130. The van der Waals surface area contributed by atoms with Gasteiger partial charge in [-0.25, -0.2) is 0 Å². The van der Waals surface area contributed by atoms with Crippen molar-refractivity contribution in [3.8, 4) is 0 Å². The van der Waals surface area contributed by atoms with Crippen LogP contribution in [0, 0.1) is 0 Å². The van der Waals surface area contributed by atoms with E-state index in [1.54, 1.807) is 6.92 Å². The molecule has 98 valence electrons. The molecule has 1 fully saturated rings. The highest BCUT2D eigenvalue weighted by molar-refractivity contribution is 8.00. The lowest BCUT2D eigenvalue weighted by Gasteiger charge is -2.14. The van der Waals surface area contributed by atoms with Crippen molar-refractivity contribution in [2.24, 2.45) is 5.73 Å².